The molecule has 0 heterocycles. The van der Waals surface area contributed by atoms with Gasteiger partial charge in [0.2, 0.25) is 0 Å². The zero-order chi connectivity index (χ0) is 9.19. The van der Waals surface area contributed by atoms with Crippen LogP contribution in [-0.2, 0) is 0 Å². The van der Waals surface area contributed by atoms with E-state index in [2.05, 4.69) is 6.07 Å². The quantitative estimate of drug-likeness (QED) is 0.489. The molecule has 0 saturated carbocycles. The zero-order valence-electron chi connectivity index (χ0n) is 5.65. The van der Waals surface area contributed by atoms with Gasteiger partial charge in [-0.2, -0.15) is 13.2 Å². The minimum Gasteiger partial charge on any atom is -0.207 e. The zero-order valence-corrected chi connectivity index (χ0v) is 6.47. The summed E-state index contributed by atoms with van der Waals surface area (Å²) in [5.74, 6) is -0.694. The second-order valence-electron chi connectivity index (χ2n) is 1.92. The van der Waals surface area contributed by atoms with Crippen molar-refractivity contribution in [2.45, 2.75) is 10.4 Å². The lowest BCUT2D eigenvalue weighted by molar-refractivity contribution is -0.0328. The third kappa shape index (κ3) is 3.13. The van der Waals surface area contributed by atoms with Crippen molar-refractivity contribution in [3.05, 3.63) is 30.1 Å². The van der Waals surface area contributed by atoms with Gasteiger partial charge in [-0.15, -0.1) is 0 Å². The van der Waals surface area contributed by atoms with Crippen LogP contribution in [0.25, 0.3) is 0 Å². The number of alkyl halides is 3. The number of hydrogen-bond donors (Lipinski definition) is 0. The lowest BCUT2D eigenvalue weighted by Crippen LogP contribution is -1.98. The van der Waals surface area contributed by atoms with Crippen LogP contribution in [0.2, 0.25) is 0 Å². The van der Waals surface area contributed by atoms with Gasteiger partial charge in [-0.25, -0.2) is 4.39 Å². The Morgan fingerprint density at radius 3 is 2.50 bits per heavy atom. The Morgan fingerprint density at radius 2 is 2.00 bits per heavy atom. The van der Waals surface area contributed by atoms with E-state index in [1.807, 2.05) is 0 Å². The predicted octanol–water partition coefficient (Wildman–Crippen LogP) is 3.24. The van der Waals surface area contributed by atoms with E-state index < -0.39 is 11.3 Å². The molecule has 0 aliphatic heterocycles. The largest absolute Gasteiger partial charge is 0.446 e. The normalized spacial score (nSPS) is 11.7. The first-order chi connectivity index (χ1) is 5.47. The Hall–Kier alpha value is -0.710. The molecule has 0 N–H and O–H groups in total. The van der Waals surface area contributed by atoms with Gasteiger partial charge in [-0.05, 0) is 30.0 Å². The molecular formula is C7H3F4S. The highest BCUT2D eigenvalue weighted by molar-refractivity contribution is 8.00. The molecule has 0 aliphatic rings. The highest BCUT2D eigenvalue weighted by Crippen LogP contribution is 2.36. The molecule has 0 nitrogen and oxygen atoms in total. The minimum absolute atomic E-state index is 0.262. The third-order valence-corrected chi connectivity index (χ3v) is 1.65. The van der Waals surface area contributed by atoms with Crippen LogP contribution in [0, 0.1) is 11.9 Å². The van der Waals surface area contributed by atoms with E-state index in [9.17, 15) is 17.6 Å². The molecular weight excluding hydrogens is 192 g/mol. The summed E-state index contributed by atoms with van der Waals surface area (Å²) in [6.45, 7) is 0. The Balaban J connectivity index is 2.77. The Kier molecular flexibility index (Phi) is 2.62. The number of rotatable bonds is 1. The summed E-state index contributed by atoms with van der Waals surface area (Å²) in [5, 5.41) is 0. The van der Waals surface area contributed by atoms with Crippen molar-refractivity contribution in [2.24, 2.45) is 0 Å². The maximum atomic E-state index is 12.3. The van der Waals surface area contributed by atoms with Gasteiger partial charge in [0.25, 0.3) is 0 Å². The molecule has 0 unspecified atom stereocenters. The minimum atomic E-state index is -4.38. The van der Waals surface area contributed by atoms with E-state index >= 15 is 0 Å². The highest BCUT2D eigenvalue weighted by Gasteiger charge is 2.29. The van der Waals surface area contributed by atoms with Crippen molar-refractivity contribution in [3.8, 4) is 0 Å². The van der Waals surface area contributed by atoms with Crippen LogP contribution >= 0.6 is 11.8 Å². The average molecular weight is 195 g/mol. The fourth-order valence-electron chi connectivity index (χ4n) is 0.602. The van der Waals surface area contributed by atoms with Crippen molar-refractivity contribution in [3.63, 3.8) is 0 Å². The van der Waals surface area contributed by atoms with E-state index in [4.69, 9.17) is 0 Å². The fraction of sp³-hybridized carbons (Fsp3) is 0.143. The molecule has 0 amide bonds. The molecule has 12 heavy (non-hydrogen) atoms. The van der Waals surface area contributed by atoms with E-state index in [-0.39, 0.29) is 16.7 Å². The summed E-state index contributed by atoms with van der Waals surface area (Å²) in [5.41, 5.74) is -4.38. The SMILES string of the molecule is Fc1cc[c]c(SC(F)(F)F)c1. The number of thioether (sulfide) groups is 1. The van der Waals surface area contributed by atoms with Gasteiger partial charge < -0.3 is 0 Å². The summed E-state index contributed by atoms with van der Waals surface area (Å²) in [4.78, 5) is -0.262. The summed E-state index contributed by atoms with van der Waals surface area (Å²) < 4.78 is 47.4. The van der Waals surface area contributed by atoms with Crippen LogP contribution in [0.5, 0.6) is 0 Å². The molecule has 65 valence electrons. The van der Waals surface area contributed by atoms with E-state index in [0.717, 1.165) is 18.2 Å². The van der Waals surface area contributed by atoms with Crippen LogP contribution < -0.4 is 0 Å². The summed E-state index contributed by atoms with van der Waals surface area (Å²) >= 11 is -0.381. The van der Waals surface area contributed by atoms with Gasteiger partial charge in [-0.1, -0.05) is 6.07 Å². The smallest absolute Gasteiger partial charge is 0.207 e. The van der Waals surface area contributed by atoms with Crippen LogP contribution in [-0.4, -0.2) is 5.51 Å². The topological polar surface area (TPSA) is 0 Å². The first kappa shape index (κ1) is 9.38. The molecule has 0 bridgehead atoms. The molecule has 0 spiro atoms. The number of hydrogen-bond acceptors (Lipinski definition) is 1. The van der Waals surface area contributed by atoms with Gasteiger partial charge in [0, 0.05) is 4.90 Å². The molecule has 0 aliphatic carbocycles. The molecule has 1 aromatic carbocycles. The summed E-state index contributed by atoms with van der Waals surface area (Å²) in [6.07, 6.45) is 0. The second-order valence-corrected chi connectivity index (χ2v) is 3.03. The molecule has 0 saturated heterocycles. The van der Waals surface area contributed by atoms with Crippen molar-refractivity contribution in [1.29, 1.82) is 0 Å². The summed E-state index contributed by atoms with van der Waals surface area (Å²) in [7, 11) is 0. The lowest BCUT2D eigenvalue weighted by Gasteiger charge is -2.03. The Morgan fingerprint density at radius 1 is 1.33 bits per heavy atom. The second kappa shape index (κ2) is 3.35. The first-order valence-electron chi connectivity index (χ1n) is 2.90. The lowest BCUT2D eigenvalue weighted by atomic mass is 10.4. The highest BCUT2D eigenvalue weighted by atomic mass is 32.2. The third-order valence-electron chi connectivity index (χ3n) is 0.963. The van der Waals surface area contributed by atoms with Crippen LogP contribution in [0.15, 0.2) is 23.1 Å². The van der Waals surface area contributed by atoms with Gasteiger partial charge in [-0.3, -0.25) is 0 Å². The molecule has 5 heteroatoms. The van der Waals surface area contributed by atoms with Gasteiger partial charge >= 0.3 is 5.51 Å². The van der Waals surface area contributed by atoms with Crippen LogP contribution in [0.1, 0.15) is 0 Å². The van der Waals surface area contributed by atoms with Crippen molar-refractivity contribution in [2.75, 3.05) is 0 Å². The maximum Gasteiger partial charge on any atom is 0.446 e. The van der Waals surface area contributed by atoms with Gasteiger partial charge in [0.05, 0.1) is 0 Å². The predicted molar refractivity (Wildman–Crippen MR) is 37.1 cm³/mol. The van der Waals surface area contributed by atoms with Crippen LogP contribution in [0.4, 0.5) is 17.6 Å². The average Bonchev–Trinajstić information content (AvgIpc) is 1.82. The molecule has 1 rings (SSSR count). The van der Waals surface area contributed by atoms with Crippen molar-refractivity contribution >= 4 is 11.8 Å². The standard InChI is InChI=1S/C7H3F4S/c8-5-2-1-3-6(4-5)12-7(9,10)11/h1-2,4H. The van der Waals surface area contributed by atoms with Crippen LogP contribution in [0.3, 0.4) is 0 Å². The number of halogens is 4. The molecule has 1 aromatic rings. The van der Waals surface area contributed by atoms with Gasteiger partial charge in [0.1, 0.15) is 5.82 Å². The Bertz CT molecular complexity index is 268. The van der Waals surface area contributed by atoms with E-state index in [0.29, 0.717) is 0 Å². The Labute approximate surface area is 70.6 Å². The van der Waals surface area contributed by atoms with E-state index in [1.54, 1.807) is 0 Å². The molecule has 0 atom stereocenters. The van der Waals surface area contributed by atoms with Crippen molar-refractivity contribution in [1.82, 2.24) is 0 Å². The fourth-order valence-corrected chi connectivity index (χ4v) is 1.15. The van der Waals surface area contributed by atoms with Crippen molar-refractivity contribution < 1.29 is 17.6 Å². The molecule has 0 aromatic heterocycles. The van der Waals surface area contributed by atoms with E-state index in [1.165, 1.54) is 0 Å². The maximum absolute atomic E-state index is 12.3. The molecule has 0 fully saturated rings. The monoisotopic (exact) mass is 195 g/mol. The molecule has 1 radical (unpaired) electrons. The first-order valence-corrected chi connectivity index (χ1v) is 3.72. The summed E-state index contributed by atoms with van der Waals surface area (Å²) in [6, 6.07) is 5.22. The van der Waals surface area contributed by atoms with Gasteiger partial charge in [0.15, 0.2) is 0 Å². The number of benzene rings is 1.